The first kappa shape index (κ1) is 21.9. The molecule has 0 spiro atoms. The van der Waals surface area contributed by atoms with Gasteiger partial charge in [-0.05, 0) is 38.1 Å². The van der Waals surface area contributed by atoms with Gasteiger partial charge in [-0.3, -0.25) is 4.79 Å². The van der Waals surface area contributed by atoms with Crippen LogP contribution in [0.5, 0.6) is 0 Å². The van der Waals surface area contributed by atoms with Crippen molar-refractivity contribution in [1.29, 1.82) is 0 Å². The maximum absolute atomic E-state index is 12.9. The zero-order valence-corrected chi connectivity index (χ0v) is 17.2. The van der Waals surface area contributed by atoms with Crippen LogP contribution in [0.25, 0.3) is 0 Å². The third kappa shape index (κ3) is 4.91. The van der Waals surface area contributed by atoms with Gasteiger partial charge in [0, 0.05) is 50.5 Å². The summed E-state index contributed by atoms with van der Waals surface area (Å²) in [5.74, 6) is -0.101. The molecule has 1 amide bonds. The first-order chi connectivity index (χ1) is 12.3. The molecule has 1 aromatic rings. The highest BCUT2D eigenvalue weighted by Crippen LogP contribution is 2.19. The number of rotatable bonds is 3. The highest BCUT2D eigenvalue weighted by molar-refractivity contribution is 7.86. The zero-order valence-electron chi connectivity index (χ0n) is 15.6. The first-order valence-electron chi connectivity index (χ1n) is 8.83. The maximum atomic E-state index is 12.9. The molecule has 0 aromatic heterocycles. The molecule has 152 valence electrons. The van der Waals surface area contributed by atoms with Gasteiger partial charge < -0.3 is 15.4 Å². The normalized spacial score (nSPS) is 25.0. The molecular weight excluding hydrogens is 392 g/mol. The van der Waals surface area contributed by atoms with Crippen LogP contribution >= 0.6 is 12.4 Å². The van der Waals surface area contributed by atoms with Crippen molar-refractivity contribution in [2.24, 2.45) is 0 Å². The summed E-state index contributed by atoms with van der Waals surface area (Å²) in [7, 11) is -3.54. The van der Waals surface area contributed by atoms with Crippen LogP contribution in [-0.2, 0) is 14.9 Å². The number of carbonyl (C=O) groups excluding carboxylic acids is 1. The van der Waals surface area contributed by atoms with Gasteiger partial charge in [-0.15, -0.1) is 12.4 Å². The van der Waals surface area contributed by atoms with Crippen molar-refractivity contribution >= 4 is 34.2 Å². The number of ether oxygens (including phenoxy) is 1. The van der Waals surface area contributed by atoms with E-state index in [0.717, 1.165) is 0 Å². The summed E-state index contributed by atoms with van der Waals surface area (Å²) < 4.78 is 34.4. The quantitative estimate of drug-likeness (QED) is 0.732. The topological polar surface area (TPSA) is 96.2 Å². The fraction of sp³-hybridized carbons (Fsp3) is 0.588. The molecule has 1 aromatic carbocycles. The fourth-order valence-electron chi connectivity index (χ4n) is 3.41. The van der Waals surface area contributed by atoms with Crippen LogP contribution in [0.2, 0.25) is 0 Å². The molecule has 3 rings (SSSR count). The molecule has 2 N–H and O–H groups in total. The molecule has 2 saturated heterocycles. The van der Waals surface area contributed by atoms with E-state index in [2.05, 4.69) is 0 Å². The van der Waals surface area contributed by atoms with E-state index in [1.165, 1.54) is 8.61 Å². The molecule has 2 heterocycles. The van der Waals surface area contributed by atoms with Crippen molar-refractivity contribution in [3.63, 3.8) is 0 Å². The lowest BCUT2D eigenvalue weighted by atomic mass is 10.1. The number of hydrogen-bond acceptors (Lipinski definition) is 5. The van der Waals surface area contributed by atoms with Crippen LogP contribution in [-0.4, -0.2) is 79.3 Å². The van der Waals surface area contributed by atoms with Crippen LogP contribution in [0.4, 0.5) is 5.69 Å². The van der Waals surface area contributed by atoms with Gasteiger partial charge in [-0.1, -0.05) is 0 Å². The SMILES string of the molecule is CC1CN(S(=O)(=O)N2CCN(C(=O)c3ccc(N)cc3)CC2)CC(C)O1.Cl. The third-order valence-electron chi connectivity index (χ3n) is 4.72. The average molecular weight is 419 g/mol. The van der Waals surface area contributed by atoms with E-state index >= 15 is 0 Å². The van der Waals surface area contributed by atoms with Crippen molar-refractivity contribution in [3.05, 3.63) is 29.8 Å². The molecule has 0 bridgehead atoms. The minimum Gasteiger partial charge on any atom is -0.399 e. The molecule has 0 aliphatic carbocycles. The van der Waals surface area contributed by atoms with Gasteiger partial charge >= 0.3 is 0 Å². The summed E-state index contributed by atoms with van der Waals surface area (Å²) in [4.78, 5) is 14.2. The molecule has 2 atom stereocenters. The van der Waals surface area contributed by atoms with Crippen molar-refractivity contribution < 1.29 is 17.9 Å². The second kappa shape index (κ2) is 8.74. The van der Waals surface area contributed by atoms with Crippen LogP contribution in [0.1, 0.15) is 24.2 Å². The van der Waals surface area contributed by atoms with E-state index in [1.807, 2.05) is 13.8 Å². The molecule has 2 fully saturated rings. The molecule has 0 radical (unpaired) electrons. The summed E-state index contributed by atoms with van der Waals surface area (Å²) in [6.07, 6.45) is -0.246. The monoisotopic (exact) mass is 418 g/mol. The van der Waals surface area contributed by atoms with Crippen LogP contribution in [0.15, 0.2) is 24.3 Å². The number of anilines is 1. The molecule has 27 heavy (non-hydrogen) atoms. The van der Waals surface area contributed by atoms with Crippen molar-refractivity contribution in [3.8, 4) is 0 Å². The fourth-order valence-corrected chi connectivity index (χ4v) is 5.16. The molecule has 10 heteroatoms. The van der Waals surface area contributed by atoms with Crippen molar-refractivity contribution in [1.82, 2.24) is 13.5 Å². The first-order valence-corrected chi connectivity index (χ1v) is 10.2. The number of benzene rings is 1. The van der Waals surface area contributed by atoms with Crippen molar-refractivity contribution in [2.75, 3.05) is 45.0 Å². The molecule has 8 nitrogen and oxygen atoms in total. The van der Waals surface area contributed by atoms with E-state index in [-0.39, 0.29) is 30.5 Å². The van der Waals surface area contributed by atoms with Gasteiger partial charge in [0.05, 0.1) is 12.2 Å². The molecule has 2 unspecified atom stereocenters. The van der Waals surface area contributed by atoms with E-state index in [9.17, 15) is 13.2 Å². The summed E-state index contributed by atoms with van der Waals surface area (Å²) >= 11 is 0. The number of amides is 1. The number of piperazine rings is 1. The minimum atomic E-state index is -3.54. The number of carbonyl (C=O) groups is 1. The lowest BCUT2D eigenvalue weighted by molar-refractivity contribution is -0.0457. The Morgan fingerprint density at radius 1 is 1.00 bits per heavy atom. The predicted octanol–water partition coefficient (Wildman–Crippen LogP) is 0.802. The number of hydrogen-bond donors (Lipinski definition) is 1. The van der Waals surface area contributed by atoms with E-state index in [0.29, 0.717) is 50.5 Å². The predicted molar refractivity (Wildman–Crippen MR) is 106 cm³/mol. The standard InChI is InChI=1S/C17H26N4O4S.ClH/c1-13-11-21(12-14(2)25-13)26(23,24)20-9-7-19(8-10-20)17(22)15-3-5-16(18)6-4-15;/h3-6,13-14H,7-12,18H2,1-2H3;1H. The Morgan fingerprint density at radius 3 is 2.04 bits per heavy atom. The number of morpholine rings is 1. The highest BCUT2D eigenvalue weighted by Gasteiger charge is 2.37. The smallest absolute Gasteiger partial charge is 0.282 e. The van der Waals surface area contributed by atoms with Gasteiger partial charge in [0.2, 0.25) is 0 Å². The van der Waals surface area contributed by atoms with E-state index in [1.54, 1.807) is 29.2 Å². The molecule has 2 aliphatic rings. The van der Waals surface area contributed by atoms with Crippen LogP contribution < -0.4 is 5.73 Å². The number of nitrogens with two attached hydrogens (primary N) is 1. The van der Waals surface area contributed by atoms with Crippen LogP contribution in [0, 0.1) is 0 Å². The highest BCUT2D eigenvalue weighted by atomic mass is 35.5. The Hall–Kier alpha value is -1.39. The maximum Gasteiger partial charge on any atom is 0.282 e. The molecular formula is C17H27ClN4O4S. The Morgan fingerprint density at radius 2 is 1.52 bits per heavy atom. The Labute approximate surface area is 166 Å². The summed E-state index contributed by atoms with van der Waals surface area (Å²) in [6.45, 7) is 5.80. The Balaban J connectivity index is 0.00000261. The second-order valence-electron chi connectivity index (χ2n) is 6.90. The number of nitrogen functional groups attached to an aromatic ring is 1. The zero-order chi connectivity index (χ0) is 18.9. The van der Waals surface area contributed by atoms with Crippen LogP contribution in [0.3, 0.4) is 0 Å². The van der Waals surface area contributed by atoms with Gasteiger partial charge in [0.1, 0.15) is 0 Å². The lowest BCUT2D eigenvalue weighted by Crippen LogP contribution is -2.57. The second-order valence-corrected chi connectivity index (χ2v) is 8.82. The molecule has 2 aliphatic heterocycles. The average Bonchev–Trinajstić information content (AvgIpc) is 2.61. The van der Waals surface area contributed by atoms with Gasteiger partial charge in [-0.2, -0.15) is 17.0 Å². The Bertz CT molecular complexity index is 741. The lowest BCUT2D eigenvalue weighted by Gasteiger charge is -2.40. The molecule has 0 saturated carbocycles. The Kier molecular flexibility index (Phi) is 7.09. The van der Waals surface area contributed by atoms with Gasteiger partial charge in [-0.25, -0.2) is 0 Å². The number of nitrogens with zero attached hydrogens (tertiary/aromatic N) is 3. The largest absolute Gasteiger partial charge is 0.399 e. The minimum absolute atomic E-state index is 0. The van der Waals surface area contributed by atoms with E-state index in [4.69, 9.17) is 10.5 Å². The van der Waals surface area contributed by atoms with Gasteiger partial charge in [0.15, 0.2) is 0 Å². The number of halogens is 1. The van der Waals surface area contributed by atoms with E-state index < -0.39 is 10.2 Å². The third-order valence-corrected chi connectivity index (χ3v) is 6.69. The summed E-state index contributed by atoms with van der Waals surface area (Å²) in [6, 6.07) is 6.76. The van der Waals surface area contributed by atoms with Gasteiger partial charge in [0.25, 0.3) is 16.1 Å². The summed E-state index contributed by atoms with van der Waals surface area (Å²) in [5.41, 5.74) is 6.81. The van der Waals surface area contributed by atoms with Crippen molar-refractivity contribution in [2.45, 2.75) is 26.1 Å². The summed E-state index contributed by atoms with van der Waals surface area (Å²) in [5, 5.41) is 0.